The lowest BCUT2D eigenvalue weighted by Crippen LogP contribution is -2.51. The first-order chi connectivity index (χ1) is 8.09. The lowest BCUT2D eigenvalue weighted by Gasteiger charge is -2.42. The molecule has 1 aliphatic rings. The number of amides is 1. The first kappa shape index (κ1) is 12.1. The third kappa shape index (κ3) is 2.48. The SMILES string of the molecule is CC(C)N(C(=O)c1ccccc1)C1CC(F)C1. The molecule has 0 spiro atoms. The van der Waals surface area contributed by atoms with E-state index in [2.05, 4.69) is 0 Å². The molecule has 17 heavy (non-hydrogen) atoms. The number of hydrogen-bond donors (Lipinski definition) is 0. The molecular formula is C14H18FNO. The maximum Gasteiger partial charge on any atom is 0.254 e. The molecule has 3 heteroatoms. The van der Waals surface area contributed by atoms with Crippen LogP contribution in [0.4, 0.5) is 4.39 Å². The normalized spacial score (nSPS) is 23.3. The monoisotopic (exact) mass is 235 g/mol. The molecule has 1 aromatic rings. The summed E-state index contributed by atoms with van der Waals surface area (Å²) in [6, 6.07) is 9.39. The number of benzene rings is 1. The second-order valence-electron chi connectivity index (χ2n) is 4.89. The summed E-state index contributed by atoms with van der Waals surface area (Å²) >= 11 is 0. The largest absolute Gasteiger partial charge is 0.333 e. The summed E-state index contributed by atoms with van der Waals surface area (Å²) in [5.74, 6) is 0.0116. The van der Waals surface area contributed by atoms with Crippen LogP contribution >= 0.6 is 0 Å². The van der Waals surface area contributed by atoms with E-state index in [4.69, 9.17) is 0 Å². The van der Waals surface area contributed by atoms with Gasteiger partial charge in [-0.15, -0.1) is 0 Å². The van der Waals surface area contributed by atoms with E-state index in [-0.39, 0.29) is 18.0 Å². The average molecular weight is 235 g/mol. The van der Waals surface area contributed by atoms with Gasteiger partial charge in [0, 0.05) is 17.6 Å². The van der Waals surface area contributed by atoms with E-state index in [1.165, 1.54) is 0 Å². The summed E-state index contributed by atoms with van der Waals surface area (Å²) in [5.41, 5.74) is 0.684. The van der Waals surface area contributed by atoms with Crippen molar-refractivity contribution >= 4 is 5.91 Å². The van der Waals surface area contributed by atoms with Crippen LogP contribution in [0.2, 0.25) is 0 Å². The maximum absolute atomic E-state index is 12.9. The van der Waals surface area contributed by atoms with Gasteiger partial charge in [-0.2, -0.15) is 0 Å². The highest BCUT2D eigenvalue weighted by atomic mass is 19.1. The topological polar surface area (TPSA) is 20.3 Å². The summed E-state index contributed by atoms with van der Waals surface area (Å²) < 4.78 is 12.9. The van der Waals surface area contributed by atoms with Crippen LogP contribution in [-0.2, 0) is 0 Å². The Kier molecular flexibility index (Phi) is 3.46. The second kappa shape index (κ2) is 4.86. The van der Waals surface area contributed by atoms with E-state index >= 15 is 0 Å². The number of nitrogens with zero attached hydrogens (tertiary/aromatic N) is 1. The van der Waals surface area contributed by atoms with E-state index in [0.29, 0.717) is 18.4 Å². The Morgan fingerprint density at radius 2 is 1.88 bits per heavy atom. The standard InChI is InChI=1S/C14H18FNO/c1-10(2)16(13-8-12(15)9-13)14(17)11-6-4-3-5-7-11/h3-7,10,12-13H,8-9H2,1-2H3. The Balaban J connectivity index is 2.14. The number of rotatable bonds is 3. The highest BCUT2D eigenvalue weighted by Crippen LogP contribution is 2.30. The zero-order valence-electron chi connectivity index (χ0n) is 10.3. The highest BCUT2D eigenvalue weighted by Gasteiger charge is 2.37. The molecule has 1 aromatic carbocycles. The van der Waals surface area contributed by atoms with Gasteiger partial charge in [-0.25, -0.2) is 4.39 Å². The van der Waals surface area contributed by atoms with Gasteiger partial charge in [-0.05, 0) is 38.8 Å². The summed E-state index contributed by atoms with van der Waals surface area (Å²) in [6.45, 7) is 3.96. The Hall–Kier alpha value is -1.38. The van der Waals surface area contributed by atoms with Crippen molar-refractivity contribution in [3.8, 4) is 0 Å². The smallest absolute Gasteiger partial charge is 0.254 e. The molecule has 0 atom stereocenters. The van der Waals surface area contributed by atoms with Gasteiger partial charge in [-0.1, -0.05) is 18.2 Å². The molecule has 0 N–H and O–H groups in total. The third-order valence-corrected chi connectivity index (χ3v) is 3.26. The fraction of sp³-hybridized carbons (Fsp3) is 0.500. The molecule has 1 fully saturated rings. The van der Waals surface area contributed by atoms with Gasteiger partial charge in [0.15, 0.2) is 0 Å². The van der Waals surface area contributed by atoms with Crippen LogP contribution in [0, 0.1) is 0 Å². The number of hydrogen-bond acceptors (Lipinski definition) is 1. The van der Waals surface area contributed by atoms with Crippen molar-refractivity contribution in [2.24, 2.45) is 0 Å². The van der Waals surface area contributed by atoms with E-state index < -0.39 is 6.17 Å². The van der Waals surface area contributed by atoms with Crippen molar-refractivity contribution in [1.82, 2.24) is 4.90 Å². The molecule has 0 unspecified atom stereocenters. The minimum atomic E-state index is -0.732. The van der Waals surface area contributed by atoms with Crippen molar-refractivity contribution in [3.63, 3.8) is 0 Å². The maximum atomic E-state index is 12.9. The second-order valence-corrected chi connectivity index (χ2v) is 4.89. The Morgan fingerprint density at radius 3 is 2.35 bits per heavy atom. The molecular weight excluding hydrogens is 217 g/mol. The molecule has 1 saturated carbocycles. The van der Waals surface area contributed by atoms with E-state index in [9.17, 15) is 9.18 Å². The van der Waals surface area contributed by atoms with Crippen LogP contribution in [0.3, 0.4) is 0 Å². The van der Waals surface area contributed by atoms with E-state index in [0.717, 1.165) is 0 Å². The molecule has 0 saturated heterocycles. The molecule has 0 bridgehead atoms. The summed E-state index contributed by atoms with van der Waals surface area (Å²) in [4.78, 5) is 14.1. The predicted octanol–water partition coefficient (Wildman–Crippen LogP) is 3.04. The van der Waals surface area contributed by atoms with Gasteiger partial charge < -0.3 is 4.90 Å². The molecule has 0 heterocycles. The number of halogens is 1. The fourth-order valence-electron chi connectivity index (χ4n) is 2.30. The van der Waals surface area contributed by atoms with Gasteiger partial charge in [-0.3, -0.25) is 4.79 Å². The quantitative estimate of drug-likeness (QED) is 0.788. The van der Waals surface area contributed by atoms with Gasteiger partial charge in [0.05, 0.1) is 0 Å². The Bertz CT molecular complexity index is 384. The number of carbonyl (C=O) groups excluding carboxylic acids is 1. The van der Waals surface area contributed by atoms with Crippen LogP contribution in [0.5, 0.6) is 0 Å². The minimum Gasteiger partial charge on any atom is -0.333 e. The third-order valence-electron chi connectivity index (χ3n) is 3.26. The molecule has 0 radical (unpaired) electrons. The fourth-order valence-corrected chi connectivity index (χ4v) is 2.30. The Labute approximate surface area is 101 Å². The summed E-state index contributed by atoms with van der Waals surface area (Å²) in [7, 11) is 0. The number of carbonyl (C=O) groups is 1. The predicted molar refractivity (Wildman–Crippen MR) is 65.7 cm³/mol. The Morgan fingerprint density at radius 1 is 1.29 bits per heavy atom. The first-order valence-electron chi connectivity index (χ1n) is 6.11. The van der Waals surface area contributed by atoms with Gasteiger partial charge in [0.1, 0.15) is 6.17 Å². The zero-order chi connectivity index (χ0) is 12.4. The molecule has 92 valence electrons. The van der Waals surface area contributed by atoms with Gasteiger partial charge in [0.2, 0.25) is 0 Å². The molecule has 0 aromatic heterocycles. The van der Waals surface area contributed by atoms with Crippen molar-refractivity contribution in [2.75, 3.05) is 0 Å². The van der Waals surface area contributed by atoms with E-state index in [1.54, 1.807) is 0 Å². The van der Waals surface area contributed by atoms with Crippen LogP contribution in [0.15, 0.2) is 30.3 Å². The van der Waals surface area contributed by atoms with E-state index in [1.807, 2.05) is 49.1 Å². The van der Waals surface area contributed by atoms with Gasteiger partial charge >= 0.3 is 0 Å². The highest BCUT2D eigenvalue weighted by molar-refractivity contribution is 5.94. The van der Waals surface area contributed by atoms with Crippen molar-refractivity contribution in [2.45, 2.75) is 44.9 Å². The van der Waals surface area contributed by atoms with Crippen LogP contribution < -0.4 is 0 Å². The first-order valence-corrected chi connectivity index (χ1v) is 6.11. The molecule has 2 nitrogen and oxygen atoms in total. The van der Waals surface area contributed by atoms with Crippen LogP contribution in [-0.4, -0.2) is 29.1 Å². The van der Waals surface area contributed by atoms with Crippen molar-refractivity contribution in [1.29, 1.82) is 0 Å². The number of alkyl halides is 1. The van der Waals surface area contributed by atoms with Crippen molar-refractivity contribution in [3.05, 3.63) is 35.9 Å². The van der Waals surface area contributed by atoms with Gasteiger partial charge in [0.25, 0.3) is 5.91 Å². The molecule has 1 amide bonds. The summed E-state index contributed by atoms with van der Waals surface area (Å²) in [6.07, 6.45) is 0.234. The van der Waals surface area contributed by atoms with Crippen molar-refractivity contribution < 1.29 is 9.18 Å². The van der Waals surface area contributed by atoms with Crippen LogP contribution in [0.25, 0.3) is 0 Å². The lowest BCUT2D eigenvalue weighted by molar-refractivity contribution is 0.0267. The summed E-state index contributed by atoms with van der Waals surface area (Å²) in [5, 5.41) is 0. The minimum absolute atomic E-state index is 0.0116. The molecule has 1 aliphatic carbocycles. The molecule has 2 rings (SSSR count). The lowest BCUT2D eigenvalue weighted by atomic mass is 9.88. The molecule has 0 aliphatic heterocycles. The zero-order valence-corrected chi connectivity index (χ0v) is 10.3. The average Bonchev–Trinajstić information content (AvgIpc) is 2.27. The van der Waals surface area contributed by atoms with Crippen LogP contribution in [0.1, 0.15) is 37.0 Å².